The number of carbonyl (C=O) groups is 1. The molecule has 2 aliphatic heterocycles. The van der Waals surface area contributed by atoms with Crippen LogP contribution in [0.4, 0.5) is 37.0 Å². The Labute approximate surface area is 197 Å². The van der Waals surface area contributed by atoms with Crippen molar-refractivity contribution < 1.29 is 49.2 Å². The fourth-order valence-electron chi connectivity index (χ4n) is 4.57. The van der Waals surface area contributed by atoms with Crippen LogP contribution >= 0.6 is 0 Å². The molecular formula is C20H14F6N4O5S. The number of benzene rings is 2. The van der Waals surface area contributed by atoms with Gasteiger partial charge in [-0.2, -0.15) is 0 Å². The first-order valence-electron chi connectivity index (χ1n) is 10.1. The van der Waals surface area contributed by atoms with E-state index in [0.29, 0.717) is 16.1 Å². The number of carbonyl (C=O) groups excluding carboxylic acids is 1. The predicted octanol–water partition coefficient (Wildman–Crippen LogP) is 2.55. The zero-order valence-corrected chi connectivity index (χ0v) is 18.7. The highest BCUT2D eigenvalue weighted by molar-refractivity contribution is 7.88. The third kappa shape index (κ3) is 3.50. The number of hydrogen-bond acceptors (Lipinski definition) is 6. The van der Waals surface area contributed by atoms with Crippen LogP contribution in [0.2, 0.25) is 0 Å². The standard InChI is InChI=1S/C20H14F6N4O5S/c1-36(33,34)28-12-6-29-16(20(12,25)26)18(31)30(19(29)32)17-15-11(35-27-17)3-2-8(22)14(15)13-9(23)4-7(21)5-10(13)24/h2-5,12,16,18,28,31H,6H2,1H3/t12-,16?,18?/m1/s1. The van der Waals surface area contributed by atoms with E-state index >= 15 is 8.78 Å². The summed E-state index contributed by atoms with van der Waals surface area (Å²) in [5.74, 6) is -10.3. The molecule has 192 valence electrons. The molecule has 2 unspecified atom stereocenters. The fourth-order valence-corrected chi connectivity index (χ4v) is 5.32. The number of nitrogens with zero attached hydrogens (tertiary/aromatic N) is 3. The van der Waals surface area contributed by atoms with Crippen molar-refractivity contribution in [3.8, 4) is 11.1 Å². The van der Waals surface area contributed by atoms with Gasteiger partial charge in [-0.3, -0.25) is 0 Å². The second-order valence-corrected chi connectivity index (χ2v) is 10.1. The molecule has 0 aliphatic carbocycles. The van der Waals surface area contributed by atoms with Crippen LogP contribution in [0.1, 0.15) is 0 Å². The van der Waals surface area contributed by atoms with E-state index in [1.54, 1.807) is 4.72 Å². The van der Waals surface area contributed by atoms with Gasteiger partial charge in [0.15, 0.2) is 17.6 Å². The van der Waals surface area contributed by atoms with Gasteiger partial charge in [-0.15, -0.1) is 0 Å². The van der Waals surface area contributed by atoms with Crippen molar-refractivity contribution in [2.75, 3.05) is 17.7 Å². The van der Waals surface area contributed by atoms with Gasteiger partial charge in [0.25, 0.3) is 5.92 Å². The number of amides is 2. The van der Waals surface area contributed by atoms with E-state index in [0.717, 1.165) is 12.1 Å². The van der Waals surface area contributed by atoms with Gasteiger partial charge < -0.3 is 14.5 Å². The van der Waals surface area contributed by atoms with Crippen molar-refractivity contribution in [2.24, 2.45) is 0 Å². The minimum atomic E-state index is -4.11. The van der Waals surface area contributed by atoms with Gasteiger partial charge in [-0.25, -0.2) is 49.2 Å². The van der Waals surface area contributed by atoms with E-state index in [4.69, 9.17) is 4.52 Å². The molecule has 16 heteroatoms. The summed E-state index contributed by atoms with van der Waals surface area (Å²) in [5.41, 5.74) is -2.23. The number of aliphatic hydroxyl groups excluding tert-OH is 1. The van der Waals surface area contributed by atoms with E-state index < -0.39 is 92.4 Å². The van der Waals surface area contributed by atoms with Crippen LogP contribution < -0.4 is 9.62 Å². The number of aliphatic hydroxyl groups is 1. The maximum absolute atomic E-state index is 15.1. The lowest BCUT2D eigenvalue weighted by Gasteiger charge is -2.27. The Morgan fingerprint density at radius 2 is 1.75 bits per heavy atom. The van der Waals surface area contributed by atoms with E-state index in [1.165, 1.54) is 0 Å². The first-order chi connectivity index (χ1) is 16.7. The zero-order valence-electron chi connectivity index (χ0n) is 17.8. The molecule has 9 nitrogen and oxygen atoms in total. The van der Waals surface area contributed by atoms with Crippen molar-refractivity contribution in [3.63, 3.8) is 0 Å². The average molecular weight is 536 g/mol. The van der Waals surface area contributed by atoms with Gasteiger partial charge >= 0.3 is 6.03 Å². The largest absolute Gasteiger partial charge is 0.371 e. The Kier molecular flexibility index (Phi) is 5.28. The molecule has 2 saturated heterocycles. The summed E-state index contributed by atoms with van der Waals surface area (Å²) in [7, 11) is -4.11. The highest BCUT2D eigenvalue weighted by atomic mass is 32.2. The Morgan fingerprint density at radius 3 is 2.33 bits per heavy atom. The quantitative estimate of drug-likeness (QED) is 0.496. The Bertz CT molecular complexity index is 1510. The molecule has 2 aromatic carbocycles. The molecule has 2 N–H and O–H groups in total. The van der Waals surface area contributed by atoms with E-state index in [1.807, 2.05) is 0 Å². The predicted molar refractivity (Wildman–Crippen MR) is 110 cm³/mol. The molecule has 0 saturated carbocycles. The number of sulfonamides is 1. The number of fused-ring (bicyclic) bond motifs is 2. The lowest BCUT2D eigenvalue weighted by molar-refractivity contribution is -0.0688. The van der Waals surface area contributed by atoms with Crippen LogP contribution in [-0.4, -0.2) is 66.6 Å². The van der Waals surface area contributed by atoms with Crippen molar-refractivity contribution in [2.45, 2.75) is 24.2 Å². The molecule has 5 rings (SSSR count). The van der Waals surface area contributed by atoms with Crippen LogP contribution in [0, 0.1) is 23.3 Å². The number of alkyl halides is 2. The van der Waals surface area contributed by atoms with Crippen molar-refractivity contribution in [1.29, 1.82) is 0 Å². The molecule has 2 amide bonds. The molecule has 3 atom stereocenters. The van der Waals surface area contributed by atoms with E-state index in [-0.39, 0.29) is 17.7 Å². The van der Waals surface area contributed by atoms with Gasteiger partial charge in [0.1, 0.15) is 35.4 Å². The molecule has 36 heavy (non-hydrogen) atoms. The summed E-state index contributed by atoms with van der Waals surface area (Å²) in [5, 5.41) is 13.7. The van der Waals surface area contributed by atoms with E-state index in [9.17, 15) is 35.9 Å². The summed E-state index contributed by atoms with van der Waals surface area (Å²) in [6.45, 7) is -0.838. The van der Waals surface area contributed by atoms with Crippen LogP contribution in [-0.2, 0) is 10.0 Å². The molecule has 2 fully saturated rings. The highest BCUT2D eigenvalue weighted by Crippen LogP contribution is 2.46. The van der Waals surface area contributed by atoms with Gasteiger partial charge in [0.05, 0.1) is 17.2 Å². The van der Waals surface area contributed by atoms with Crippen LogP contribution in [0.5, 0.6) is 0 Å². The lowest BCUT2D eigenvalue weighted by atomic mass is 9.99. The number of hydrogen-bond donors (Lipinski definition) is 2. The maximum atomic E-state index is 15.1. The minimum absolute atomic E-state index is 0.283. The monoisotopic (exact) mass is 536 g/mol. The van der Waals surface area contributed by atoms with Crippen molar-refractivity contribution in [3.05, 3.63) is 47.5 Å². The number of halogens is 6. The SMILES string of the molecule is CS(=O)(=O)N[C@@H]1CN2C(=O)N(c3noc4ccc(F)c(-c5c(F)cc(F)cc5F)c34)C(O)C2C1(F)F. The fraction of sp³-hybridized carbons (Fsp3) is 0.300. The van der Waals surface area contributed by atoms with Crippen molar-refractivity contribution in [1.82, 2.24) is 14.8 Å². The molecule has 2 aliphatic rings. The van der Waals surface area contributed by atoms with Gasteiger partial charge in [0, 0.05) is 24.2 Å². The number of aromatic nitrogens is 1. The maximum Gasteiger partial charge on any atom is 0.328 e. The van der Waals surface area contributed by atoms with Gasteiger partial charge in [-0.1, -0.05) is 5.16 Å². The highest BCUT2D eigenvalue weighted by Gasteiger charge is 2.67. The minimum Gasteiger partial charge on any atom is -0.371 e. The second kappa shape index (κ2) is 7.81. The molecule has 0 radical (unpaired) electrons. The number of urea groups is 1. The zero-order chi connectivity index (χ0) is 26.3. The number of anilines is 1. The van der Waals surface area contributed by atoms with Crippen LogP contribution in [0.25, 0.3) is 22.1 Å². The first-order valence-corrected chi connectivity index (χ1v) is 12.0. The lowest BCUT2D eigenvalue weighted by Crippen LogP contribution is -2.53. The summed E-state index contributed by atoms with van der Waals surface area (Å²) in [6.07, 6.45) is -1.71. The normalized spacial score (nSPS) is 23.7. The summed E-state index contributed by atoms with van der Waals surface area (Å²) >= 11 is 0. The number of nitrogens with one attached hydrogen (secondary N) is 1. The third-order valence-electron chi connectivity index (χ3n) is 5.98. The van der Waals surface area contributed by atoms with Crippen molar-refractivity contribution >= 4 is 32.8 Å². The molecule has 0 spiro atoms. The van der Waals surface area contributed by atoms with Crippen LogP contribution in [0.15, 0.2) is 28.8 Å². The first kappa shape index (κ1) is 24.3. The molecular weight excluding hydrogens is 522 g/mol. The average Bonchev–Trinajstić information content (AvgIpc) is 3.34. The number of rotatable bonds is 4. The smallest absolute Gasteiger partial charge is 0.328 e. The molecule has 1 aromatic heterocycles. The summed E-state index contributed by atoms with van der Waals surface area (Å²) < 4.78 is 117. The molecule has 0 bridgehead atoms. The summed E-state index contributed by atoms with van der Waals surface area (Å²) in [4.78, 5) is 13.9. The third-order valence-corrected chi connectivity index (χ3v) is 6.70. The van der Waals surface area contributed by atoms with E-state index in [2.05, 4.69) is 5.16 Å². The molecule has 3 heterocycles. The topological polar surface area (TPSA) is 116 Å². The summed E-state index contributed by atoms with van der Waals surface area (Å²) in [6, 6.07) is -3.29. The van der Waals surface area contributed by atoms with Gasteiger partial charge in [-0.05, 0) is 12.1 Å². The Morgan fingerprint density at radius 1 is 1.11 bits per heavy atom. The van der Waals surface area contributed by atoms with Crippen LogP contribution in [0.3, 0.4) is 0 Å². The second-order valence-electron chi connectivity index (χ2n) is 8.33. The Hall–Kier alpha value is -3.37. The Balaban J connectivity index is 1.65. The van der Waals surface area contributed by atoms with Gasteiger partial charge in [0.2, 0.25) is 10.0 Å². The molecule has 3 aromatic rings.